The zero-order valence-electron chi connectivity index (χ0n) is 16.0. The number of allylic oxidation sites excluding steroid dienone is 2. The van der Waals surface area contributed by atoms with Crippen molar-refractivity contribution in [2.45, 2.75) is 31.9 Å². The van der Waals surface area contributed by atoms with Gasteiger partial charge in [-0.25, -0.2) is 0 Å². The third kappa shape index (κ3) is 3.90. The van der Waals surface area contributed by atoms with Crippen LogP contribution in [-0.4, -0.2) is 43.0 Å². The summed E-state index contributed by atoms with van der Waals surface area (Å²) in [6, 6.07) is 4.42. The number of benzene rings is 1. The number of nitrogens with zero attached hydrogens (tertiary/aromatic N) is 2. The monoisotopic (exact) mass is 408 g/mol. The molecule has 29 heavy (non-hydrogen) atoms. The van der Waals surface area contributed by atoms with Crippen molar-refractivity contribution < 1.29 is 27.5 Å². The Kier molecular flexibility index (Phi) is 5.38. The van der Waals surface area contributed by atoms with Gasteiger partial charge in [0.05, 0.1) is 30.4 Å². The van der Waals surface area contributed by atoms with Crippen LogP contribution >= 0.6 is 0 Å². The van der Waals surface area contributed by atoms with Crippen molar-refractivity contribution in [1.29, 1.82) is 0 Å². The smallest absolute Gasteiger partial charge is 0.378 e. The lowest BCUT2D eigenvalue weighted by molar-refractivity contribution is -0.137. The average molecular weight is 408 g/mol. The number of ether oxygens (including phenoxy) is 1. The number of rotatable bonds is 3. The zero-order chi connectivity index (χ0) is 20.6. The molecule has 156 valence electrons. The molecule has 2 fully saturated rings. The Morgan fingerprint density at radius 3 is 2.55 bits per heavy atom. The van der Waals surface area contributed by atoms with Gasteiger partial charge in [0, 0.05) is 31.1 Å². The lowest BCUT2D eigenvalue weighted by Gasteiger charge is -2.38. The second-order valence-electron chi connectivity index (χ2n) is 7.69. The fourth-order valence-corrected chi connectivity index (χ4v) is 4.54. The molecule has 4 rings (SSSR count). The number of alkyl halides is 3. The van der Waals surface area contributed by atoms with Crippen LogP contribution in [-0.2, 0) is 20.5 Å². The summed E-state index contributed by atoms with van der Waals surface area (Å²) >= 11 is 0. The molecule has 1 aromatic rings. The molecule has 2 heterocycles. The van der Waals surface area contributed by atoms with Gasteiger partial charge in [0.15, 0.2) is 0 Å². The summed E-state index contributed by atoms with van der Waals surface area (Å²) in [5.41, 5.74) is 0.201. The molecule has 0 bridgehead atoms. The molecule has 0 spiro atoms. The first kappa shape index (κ1) is 19.9. The fourth-order valence-electron chi connectivity index (χ4n) is 4.54. The van der Waals surface area contributed by atoms with Crippen molar-refractivity contribution in [2.75, 3.05) is 31.2 Å². The van der Waals surface area contributed by atoms with Crippen LogP contribution < -0.4 is 4.90 Å². The number of halogens is 3. The van der Waals surface area contributed by atoms with Crippen LogP contribution in [0, 0.1) is 11.8 Å². The van der Waals surface area contributed by atoms with Crippen LogP contribution in [0.5, 0.6) is 0 Å². The average Bonchev–Trinajstić information content (AvgIpc) is 3.02. The number of imide groups is 1. The highest BCUT2D eigenvalue weighted by atomic mass is 19.4. The molecule has 0 N–H and O–H groups in total. The van der Waals surface area contributed by atoms with Gasteiger partial charge in [-0.15, -0.1) is 0 Å². The third-order valence-electron chi connectivity index (χ3n) is 5.93. The Bertz CT molecular complexity index is 831. The normalized spacial score (nSPS) is 26.1. The summed E-state index contributed by atoms with van der Waals surface area (Å²) in [5, 5.41) is 0. The molecule has 0 aromatic heterocycles. The molecular weight excluding hydrogens is 385 g/mol. The van der Waals surface area contributed by atoms with E-state index in [9.17, 15) is 22.8 Å². The van der Waals surface area contributed by atoms with Crippen molar-refractivity contribution in [3.63, 3.8) is 0 Å². The van der Waals surface area contributed by atoms with E-state index in [0.717, 1.165) is 55.1 Å². The third-order valence-corrected chi connectivity index (χ3v) is 5.93. The predicted molar refractivity (Wildman–Crippen MR) is 99.9 cm³/mol. The molecule has 2 atom stereocenters. The van der Waals surface area contributed by atoms with E-state index < -0.39 is 29.5 Å². The van der Waals surface area contributed by atoms with Crippen LogP contribution in [0.3, 0.4) is 0 Å². The summed E-state index contributed by atoms with van der Waals surface area (Å²) in [4.78, 5) is 29.0. The quantitative estimate of drug-likeness (QED) is 0.718. The molecule has 2 saturated heterocycles. The van der Waals surface area contributed by atoms with Crippen LogP contribution in [0.25, 0.3) is 0 Å². The Morgan fingerprint density at radius 1 is 1.07 bits per heavy atom. The maximum Gasteiger partial charge on any atom is 0.416 e. The van der Waals surface area contributed by atoms with Gasteiger partial charge < -0.3 is 9.64 Å². The summed E-state index contributed by atoms with van der Waals surface area (Å²) < 4.78 is 44.6. The molecule has 2 amide bonds. The van der Waals surface area contributed by atoms with Crippen molar-refractivity contribution in [1.82, 2.24) is 4.90 Å². The van der Waals surface area contributed by atoms with E-state index in [2.05, 4.69) is 11.0 Å². The van der Waals surface area contributed by atoms with Gasteiger partial charge in [0.2, 0.25) is 11.8 Å². The minimum Gasteiger partial charge on any atom is -0.378 e. The topological polar surface area (TPSA) is 49.9 Å². The van der Waals surface area contributed by atoms with Gasteiger partial charge in [0.25, 0.3) is 0 Å². The number of hydrogen-bond acceptors (Lipinski definition) is 4. The van der Waals surface area contributed by atoms with Gasteiger partial charge in [-0.3, -0.25) is 14.5 Å². The molecule has 1 aliphatic carbocycles. The van der Waals surface area contributed by atoms with E-state index in [1.165, 1.54) is 12.1 Å². The largest absolute Gasteiger partial charge is 0.416 e. The number of hydrogen-bond donors (Lipinski definition) is 0. The number of carbonyl (C=O) groups excluding carboxylic acids is 2. The Hall–Kier alpha value is -2.35. The second-order valence-corrected chi connectivity index (χ2v) is 7.69. The van der Waals surface area contributed by atoms with E-state index in [-0.39, 0.29) is 18.0 Å². The Balaban J connectivity index is 1.59. The van der Waals surface area contributed by atoms with Crippen molar-refractivity contribution >= 4 is 17.5 Å². The first-order valence-corrected chi connectivity index (χ1v) is 9.93. The van der Waals surface area contributed by atoms with Gasteiger partial charge in [0.1, 0.15) is 0 Å². The van der Waals surface area contributed by atoms with E-state index in [0.29, 0.717) is 13.2 Å². The predicted octanol–water partition coefficient (Wildman–Crippen LogP) is 3.60. The minimum atomic E-state index is -4.53. The van der Waals surface area contributed by atoms with Crippen LogP contribution in [0.2, 0.25) is 0 Å². The molecule has 0 unspecified atom stereocenters. The SMILES string of the molecule is O=C1C[C@H]([C@H]2CCCC=C2N2CCOCC2)C(=O)N1c1cccc(C(F)(F)F)c1. The first-order chi connectivity index (χ1) is 13.9. The molecule has 8 heteroatoms. The van der Waals surface area contributed by atoms with Gasteiger partial charge >= 0.3 is 6.18 Å². The van der Waals surface area contributed by atoms with Crippen molar-refractivity contribution in [3.8, 4) is 0 Å². The Morgan fingerprint density at radius 2 is 1.83 bits per heavy atom. The number of carbonyl (C=O) groups is 2. The lowest BCUT2D eigenvalue weighted by atomic mass is 9.80. The Labute approximate surface area is 167 Å². The maximum atomic E-state index is 13.2. The standard InChI is InChI=1S/C21H23F3N2O3/c22-21(23,24)14-4-3-5-15(12-14)26-19(27)13-17(20(26)28)16-6-1-2-7-18(16)25-8-10-29-11-9-25/h3-5,7,12,16-17H,1-2,6,8-11,13H2/t16-,17-/m1/s1. The summed E-state index contributed by atoms with van der Waals surface area (Å²) in [5.74, 6) is -1.47. The van der Waals surface area contributed by atoms with E-state index in [1.807, 2.05) is 0 Å². The van der Waals surface area contributed by atoms with E-state index in [1.54, 1.807) is 0 Å². The van der Waals surface area contributed by atoms with Crippen molar-refractivity contribution in [3.05, 3.63) is 41.6 Å². The summed E-state index contributed by atoms with van der Waals surface area (Å²) in [6.07, 6.45) is 0.293. The fraction of sp³-hybridized carbons (Fsp3) is 0.524. The summed E-state index contributed by atoms with van der Waals surface area (Å²) in [7, 11) is 0. The number of morpholine rings is 1. The van der Waals surface area contributed by atoms with Crippen LogP contribution in [0.15, 0.2) is 36.0 Å². The highest BCUT2D eigenvalue weighted by Crippen LogP contribution is 2.41. The molecule has 0 saturated carbocycles. The van der Waals surface area contributed by atoms with Crippen molar-refractivity contribution in [2.24, 2.45) is 11.8 Å². The molecule has 5 nitrogen and oxygen atoms in total. The zero-order valence-corrected chi connectivity index (χ0v) is 16.0. The van der Waals surface area contributed by atoms with Gasteiger partial charge in [-0.1, -0.05) is 12.1 Å². The number of anilines is 1. The molecule has 1 aromatic carbocycles. The van der Waals surface area contributed by atoms with E-state index >= 15 is 0 Å². The molecular formula is C21H23F3N2O3. The molecule has 2 aliphatic heterocycles. The summed E-state index contributed by atoms with van der Waals surface area (Å²) in [6.45, 7) is 2.74. The molecule has 0 radical (unpaired) electrons. The van der Waals surface area contributed by atoms with Gasteiger partial charge in [-0.05, 0) is 37.5 Å². The molecule has 3 aliphatic rings. The van der Waals surface area contributed by atoms with Gasteiger partial charge in [-0.2, -0.15) is 13.2 Å². The highest BCUT2D eigenvalue weighted by molar-refractivity contribution is 6.21. The van der Waals surface area contributed by atoms with Crippen LogP contribution in [0.1, 0.15) is 31.2 Å². The van der Waals surface area contributed by atoms with E-state index in [4.69, 9.17) is 4.74 Å². The van der Waals surface area contributed by atoms with Crippen LogP contribution in [0.4, 0.5) is 18.9 Å². The minimum absolute atomic E-state index is 0.00923. The highest BCUT2D eigenvalue weighted by Gasteiger charge is 2.46. The lowest BCUT2D eigenvalue weighted by Crippen LogP contribution is -2.41. The first-order valence-electron chi connectivity index (χ1n) is 9.93. The number of amides is 2. The second kappa shape index (κ2) is 7.82. The maximum absolute atomic E-state index is 13.2.